The molecule has 144 valence electrons. The van der Waals surface area contributed by atoms with Gasteiger partial charge in [-0.15, -0.1) is 0 Å². The standard InChI is InChI=1S/C21H20N2O5/c1-13-6-4-5-7-15(13)11-23(12-18(24)28-3)19(25)14-8-9-16-17(10-14)21(27)22(2)20(16)26/h4-10H,11-12H2,1-3H3. The van der Waals surface area contributed by atoms with Gasteiger partial charge < -0.3 is 9.64 Å². The van der Waals surface area contributed by atoms with E-state index < -0.39 is 23.7 Å². The number of aryl methyl sites for hydroxylation is 1. The Bertz CT molecular complexity index is 983. The number of rotatable bonds is 5. The lowest BCUT2D eigenvalue weighted by atomic mass is 10.0. The summed E-state index contributed by atoms with van der Waals surface area (Å²) in [6, 6.07) is 11.9. The molecule has 3 amide bonds. The van der Waals surface area contributed by atoms with Crippen molar-refractivity contribution in [3.63, 3.8) is 0 Å². The highest BCUT2D eigenvalue weighted by Crippen LogP contribution is 2.24. The van der Waals surface area contributed by atoms with Crippen LogP contribution in [0.4, 0.5) is 0 Å². The van der Waals surface area contributed by atoms with E-state index in [4.69, 9.17) is 4.74 Å². The second-order valence-electron chi connectivity index (χ2n) is 6.59. The average molecular weight is 380 g/mol. The predicted molar refractivity (Wildman–Crippen MR) is 101 cm³/mol. The first-order valence-corrected chi connectivity index (χ1v) is 8.70. The number of hydrogen-bond donors (Lipinski definition) is 0. The third kappa shape index (κ3) is 3.51. The summed E-state index contributed by atoms with van der Waals surface area (Å²) in [5, 5.41) is 0. The van der Waals surface area contributed by atoms with Gasteiger partial charge >= 0.3 is 5.97 Å². The SMILES string of the molecule is COC(=O)CN(Cc1ccccc1C)C(=O)c1ccc2c(c1)C(=O)N(C)C2=O. The van der Waals surface area contributed by atoms with Gasteiger partial charge in [0, 0.05) is 19.2 Å². The minimum atomic E-state index is -0.547. The van der Waals surface area contributed by atoms with Crippen molar-refractivity contribution < 1.29 is 23.9 Å². The highest BCUT2D eigenvalue weighted by Gasteiger charge is 2.33. The van der Waals surface area contributed by atoms with E-state index in [1.54, 1.807) is 0 Å². The van der Waals surface area contributed by atoms with Crippen LogP contribution in [0.3, 0.4) is 0 Å². The van der Waals surface area contributed by atoms with Crippen LogP contribution in [-0.2, 0) is 16.1 Å². The first kappa shape index (κ1) is 19.3. The first-order valence-electron chi connectivity index (χ1n) is 8.70. The second-order valence-corrected chi connectivity index (χ2v) is 6.59. The summed E-state index contributed by atoms with van der Waals surface area (Å²) in [6.07, 6.45) is 0. The molecule has 0 atom stereocenters. The Kier molecular flexibility index (Phi) is 5.26. The molecule has 28 heavy (non-hydrogen) atoms. The van der Waals surface area contributed by atoms with E-state index in [1.807, 2.05) is 31.2 Å². The zero-order chi connectivity index (χ0) is 20.4. The van der Waals surface area contributed by atoms with Crippen molar-refractivity contribution in [2.24, 2.45) is 0 Å². The summed E-state index contributed by atoms with van der Waals surface area (Å²) < 4.78 is 4.72. The third-order valence-electron chi connectivity index (χ3n) is 4.79. The van der Waals surface area contributed by atoms with Crippen LogP contribution in [0.2, 0.25) is 0 Å². The van der Waals surface area contributed by atoms with Gasteiger partial charge in [0.2, 0.25) is 0 Å². The van der Waals surface area contributed by atoms with E-state index in [1.165, 1.54) is 37.3 Å². The number of nitrogens with zero attached hydrogens (tertiary/aromatic N) is 2. The van der Waals surface area contributed by atoms with E-state index in [9.17, 15) is 19.2 Å². The predicted octanol–water partition coefficient (Wildman–Crippen LogP) is 2.04. The van der Waals surface area contributed by atoms with Crippen LogP contribution in [0, 0.1) is 6.92 Å². The molecule has 7 nitrogen and oxygen atoms in total. The monoisotopic (exact) mass is 380 g/mol. The quantitative estimate of drug-likeness (QED) is 0.585. The van der Waals surface area contributed by atoms with Gasteiger partial charge in [-0.05, 0) is 36.2 Å². The van der Waals surface area contributed by atoms with Crippen molar-refractivity contribution in [2.75, 3.05) is 20.7 Å². The van der Waals surface area contributed by atoms with Gasteiger partial charge in [0.05, 0.1) is 18.2 Å². The topological polar surface area (TPSA) is 84.0 Å². The van der Waals surface area contributed by atoms with Crippen LogP contribution in [0.1, 0.15) is 42.2 Å². The highest BCUT2D eigenvalue weighted by molar-refractivity contribution is 6.21. The van der Waals surface area contributed by atoms with Crippen LogP contribution >= 0.6 is 0 Å². The molecule has 1 heterocycles. The molecule has 0 fully saturated rings. The average Bonchev–Trinajstić information content (AvgIpc) is 2.92. The van der Waals surface area contributed by atoms with E-state index in [0.29, 0.717) is 0 Å². The van der Waals surface area contributed by atoms with E-state index in [-0.39, 0.29) is 29.8 Å². The Balaban J connectivity index is 1.93. The van der Waals surface area contributed by atoms with Crippen LogP contribution in [0.15, 0.2) is 42.5 Å². The Hall–Kier alpha value is -3.48. The largest absolute Gasteiger partial charge is 0.468 e. The third-order valence-corrected chi connectivity index (χ3v) is 4.79. The van der Waals surface area contributed by atoms with Crippen molar-refractivity contribution in [3.8, 4) is 0 Å². The van der Waals surface area contributed by atoms with Gasteiger partial charge in [-0.3, -0.25) is 24.1 Å². The van der Waals surface area contributed by atoms with Crippen LogP contribution in [0.25, 0.3) is 0 Å². The zero-order valence-electron chi connectivity index (χ0n) is 15.9. The smallest absolute Gasteiger partial charge is 0.325 e. The van der Waals surface area contributed by atoms with Crippen molar-refractivity contribution in [1.29, 1.82) is 0 Å². The molecule has 0 N–H and O–H groups in total. The summed E-state index contributed by atoms with van der Waals surface area (Å²) in [5.41, 5.74) is 2.57. The molecule has 0 bridgehead atoms. The van der Waals surface area contributed by atoms with Gasteiger partial charge in [0.1, 0.15) is 6.54 Å². The number of esters is 1. The van der Waals surface area contributed by atoms with Gasteiger partial charge in [-0.1, -0.05) is 24.3 Å². The molecule has 0 aliphatic carbocycles. The maximum atomic E-state index is 13.1. The van der Waals surface area contributed by atoms with Crippen molar-refractivity contribution in [2.45, 2.75) is 13.5 Å². The molecule has 1 aliphatic rings. The molecule has 2 aromatic rings. The number of benzene rings is 2. The lowest BCUT2D eigenvalue weighted by molar-refractivity contribution is -0.141. The zero-order valence-corrected chi connectivity index (χ0v) is 15.9. The summed E-state index contributed by atoms with van der Waals surface area (Å²) in [5.74, 6) is -1.82. The van der Waals surface area contributed by atoms with Crippen molar-refractivity contribution in [3.05, 3.63) is 70.3 Å². The van der Waals surface area contributed by atoms with Crippen molar-refractivity contribution in [1.82, 2.24) is 9.80 Å². The van der Waals surface area contributed by atoms with Crippen LogP contribution in [0.5, 0.6) is 0 Å². The first-order chi connectivity index (χ1) is 13.3. The summed E-state index contributed by atoms with van der Waals surface area (Å²) >= 11 is 0. The van der Waals surface area contributed by atoms with E-state index in [2.05, 4.69) is 0 Å². The van der Waals surface area contributed by atoms with E-state index in [0.717, 1.165) is 16.0 Å². The molecule has 0 radical (unpaired) electrons. The number of carbonyl (C=O) groups excluding carboxylic acids is 4. The number of amides is 3. The molecule has 1 aliphatic heterocycles. The fraction of sp³-hybridized carbons (Fsp3) is 0.238. The Morgan fingerprint density at radius 2 is 1.71 bits per heavy atom. The molecule has 7 heteroatoms. The van der Waals surface area contributed by atoms with Gasteiger partial charge in [-0.25, -0.2) is 0 Å². The molecule has 0 unspecified atom stereocenters. The number of fused-ring (bicyclic) bond motifs is 1. The normalized spacial score (nSPS) is 12.8. The number of methoxy groups -OCH3 is 1. The minimum Gasteiger partial charge on any atom is -0.468 e. The Labute approximate surface area is 162 Å². The van der Waals surface area contributed by atoms with Crippen molar-refractivity contribution >= 4 is 23.7 Å². The molecular weight excluding hydrogens is 360 g/mol. The summed E-state index contributed by atoms with van der Waals surface area (Å²) in [4.78, 5) is 51.6. The summed E-state index contributed by atoms with van der Waals surface area (Å²) in [7, 11) is 2.65. The maximum Gasteiger partial charge on any atom is 0.325 e. The maximum absolute atomic E-state index is 13.1. The molecule has 0 saturated carbocycles. The van der Waals surface area contributed by atoms with Crippen LogP contribution in [-0.4, -0.2) is 54.2 Å². The Morgan fingerprint density at radius 1 is 1.04 bits per heavy atom. The van der Waals surface area contributed by atoms with Gasteiger partial charge in [-0.2, -0.15) is 0 Å². The fourth-order valence-corrected chi connectivity index (χ4v) is 3.09. The number of ether oxygens (including phenoxy) is 1. The second kappa shape index (κ2) is 7.64. The highest BCUT2D eigenvalue weighted by atomic mass is 16.5. The molecule has 0 saturated heterocycles. The molecule has 3 rings (SSSR count). The minimum absolute atomic E-state index is 0.187. The fourth-order valence-electron chi connectivity index (χ4n) is 3.09. The van der Waals surface area contributed by atoms with Crippen LogP contribution < -0.4 is 0 Å². The number of hydrogen-bond acceptors (Lipinski definition) is 5. The molecule has 0 spiro atoms. The number of imide groups is 1. The van der Waals surface area contributed by atoms with E-state index >= 15 is 0 Å². The Morgan fingerprint density at radius 3 is 2.39 bits per heavy atom. The number of carbonyl (C=O) groups is 4. The lowest BCUT2D eigenvalue weighted by Gasteiger charge is -2.22. The lowest BCUT2D eigenvalue weighted by Crippen LogP contribution is -2.36. The van der Waals surface area contributed by atoms with Gasteiger partial charge in [0.15, 0.2) is 0 Å². The molecule has 0 aromatic heterocycles. The van der Waals surface area contributed by atoms with Gasteiger partial charge in [0.25, 0.3) is 17.7 Å². The molecule has 2 aromatic carbocycles. The summed E-state index contributed by atoms with van der Waals surface area (Å²) in [6.45, 7) is 1.91. The molecular formula is C21H20N2O5.